The summed E-state index contributed by atoms with van der Waals surface area (Å²) in [6.07, 6.45) is 2.29. The van der Waals surface area contributed by atoms with E-state index in [-0.39, 0.29) is 47.9 Å². The normalized spacial score (nSPS) is 50.8. The molecule has 4 fully saturated rings. The van der Waals surface area contributed by atoms with Crippen LogP contribution in [0.3, 0.4) is 0 Å². The lowest BCUT2D eigenvalue weighted by Gasteiger charge is -2.65. The van der Waals surface area contributed by atoms with E-state index in [0.29, 0.717) is 44.1 Å². The molecule has 0 radical (unpaired) electrons. The van der Waals surface area contributed by atoms with Crippen LogP contribution in [0.4, 0.5) is 0 Å². The molecule has 11 unspecified atom stereocenters. The Morgan fingerprint density at radius 1 is 1.06 bits per heavy atom. The molecule has 1 heterocycles. The molecule has 4 saturated carbocycles. The van der Waals surface area contributed by atoms with Gasteiger partial charge in [0.15, 0.2) is 0 Å². The Morgan fingerprint density at radius 3 is 2.43 bits per heavy atom. The van der Waals surface area contributed by atoms with E-state index in [9.17, 15) is 30.0 Å². The molecule has 0 aromatic heterocycles. The zero-order valence-corrected chi connectivity index (χ0v) is 21.5. The van der Waals surface area contributed by atoms with Crippen LogP contribution in [0.1, 0.15) is 79.1 Å². The number of ketones is 1. The number of fused-ring (bicyclic) bond motifs is 5. The van der Waals surface area contributed by atoms with Crippen LogP contribution in [0.15, 0.2) is 11.1 Å². The van der Waals surface area contributed by atoms with Crippen LogP contribution in [0, 0.1) is 40.4 Å². The second-order valence-corrected chi connectivity index (χ2v) is 12.7. The first-order valence-electron chi connectivity index (χ1n) is 13.5. The van der Waals surface area contributed by atoms with Crippen molar-refractivity contribution < 1.29 is 34.8 Å². The summed E-state index contributed by atoms with van der Waals surface area (Å²) in [7, 11) is 0. The quantitative estimate of drug-likeness (QED) is 0.448. The van der Waals surface area contributed by atoms with Crippen molar-refractivity contribution in [3.8, 4) is 0 Å². The highest BCUT2D eigenvalue weighted by atomic mass is 16.5. The number of aliphatic hydroxyl groups excluding tert-OH is 3. The minimum absolute atomic E-state index is 0.00494. The summed E-state index contributed by atoms with van der Waals surface area (Å²) < 4.78 is 5.78. The van der Waals surface area contributed by atoms with Crippen LogP contribution in [-0.4, -0.2) is 62.7 Å². The Labute approximate surface area is 207 Å². The SMILES string of the molecule is CC1=C(C)C(=O)OC(C(CO)C2CCC3C4CC(O)C5(O)CCCC(=O)C5(C)C4CC(O)C23C)C1. The highest BCUT2D eigenvalue weighted by molar-refractivity contribution is 5.89. The molecule has 7 nitrogen and oxygen atoms in total. The number of rotatable bonds is 3. The van der Waals surface area contributed by atoms with Gasteiger partial charge in [0, 0.05) is 30.9 Å². The van der Waals surface area contributed by atoms with Crippen LogP contribution < -0.4 is 0 Å². The highest BCUT2D eigenvalue weighted by Gasteiger charge is 2.71. The maximum Gasteiger partial charge on any atom is 0.333 e. The predicted molar refractivity (Wildman–Crippen MR) is 128 cm³/mol. The average Bonchev–Trinajstić information content (AvgIpc) is 3.16. The van der Waals surface area contributed by atoms with Gasteiger partial charge >= 0.3 is 5.97 Å². The third-order valence-electron chi connectivity index (χ3n) is 11.8. The molecule has 0 aromatic rings. The molecular formula is C28H42O7. The number of aliphatic hydroxyl groups is 4. The van der Waals surface area contributed by atoms with Gasteiger partial charge in [0.05, 0.1) is 17.6 Å². The van der Waals surface area contributed by atoms with Gasteiger partial charge < -0.3 is 25.2 Å². The summed E-state index contributed by atoms with van der Waals surface area (Å²) in [6.45, 7) is 7.49. The molecule has 11 atom stereocenters. The fourth-order valence-electron chi connectivity index (χ4n) is 9.45. The molecule has 196 valence electrons. The van der Waals surface area contributed by atoms with Gasteiger partial charge in [0.25, 0.3) is 0 Å². The average molecular weight is 491 g/mol. The predicted octanol–water partition coefficient (Wildman–Crippen LogP) is 2.53. The molecular weight excluding hydrogens is 448 g/mol. The third kappa shape index (κ3) is 3.23. The van der Waals surface area contributed by atoms with Gasteiger partial charge in [-0.15, -0.1) is 0 Å². The molecule has 0 spiro atoms. The fourth-order valence-corrected chi connectivity index (χ4v) is 9.45. The van der Waals surface area contributed by atoms with Gasteiger partial charge in [-0.1, -0.05) is 12.5 Å². The summed E-state index contributed by atoms with van der Waals surface area (Å²) in [5, 5.41) is 45.0. The summed E-state index contributed by atoms with van der Waals surface area (Å²) in [5.74, 6) is -0.800. The van der Waals surface area contributed by atoms with Crippen molar-refractivity contribution in [2.45, 2.75) is 103 Å². The summed E-state index contributed by atoms with van der Waals surface area (Å²) in [4.78, 5) is 25.7. The van der Waals surface area contributed by atoms with E-state index in [1.54, 1.807) is 6.92 Å². The molecule has 4 N–H and O–H groups in total. The van der Waals surface area contributed by atoms with E-state index < -0.39 is 34.7 Å². The Kier molecular flexibility index (Phi) is 6.07. The topological polar surface area (TPSA) is 124 Å². The Morgan fingerprint density at radius 2 is 1.77 bits per heavy atom. The first-order chi connectivity index (χ1) is 16.4. The fraction of sp³-hybridized carbons (Fsp3) is 0.857. The monoisotopic (exact) mass is 490 g/mol. The van der Waals surface area contributed by atoms with Gasteiger partial charge in [-0.3, -0.25) is 4.79 Å². The van der Waals surface area contributed by atoms with Crippen LogP contribution in [0.2, 0.25) is 0 Å². The lowest BCUT2D eigenvalue weighted by Crippen LogP contribution is -2.71. The van der Waals surface area contributed by atoms with Crippen LogP contribution in [0.25, 0.3) is 0 Å². The smallest absolute Gasteiger partial charge is 0.333 e. The van der Waals surface area contributed by atoms with E-state index >= 15 is 0 Å². The van der Waals surface area contributed by atoms with Crippen molar-refractivity contribution in [3.63, 3.8) is 0 Å². The van der Waals surface area contributed by atoms with E-state index in [4.69, 9.17) is 4.74 Å². The summed E-state index contributed by atoms with van der Waals surface area (Å²) in [5.41, 5.74) is -1.44. The van der Waals surface area contributed by atoms with Crippen molar-refractivity contribution in [2.75, 3.05) is 6.61 Å². The van der Waals surface area contributed by atoms with E-state index in [1.165, 1.54) is 0 Å². The van der Waals surface area contributed by atoms with Gasteiger partial charge in [-0.05, 0) is 88.4 Å². The highest BCUT2D eigenvalue weighted by Crippen LogP contribution is 2.68. The van der Waals surface area contributed by atoms with Crippen molar-refractivity contribution >= 4 is 11.8 Å². The van der Waals surface area contributed by atoms with Crippen LogP contribution >= 0.6 is 0 Å². The van der Waals surface area contributed by atoms with E-state index in [2.05, 4.69) is 6.92 Å². The molecule has 0 aromatic carbocycles. The third-order valence-corrected chi connectivity index (χ3v) is 11.8. The number of carbonyl (C=O) groups is 2. The maximum absolute atomic E-state index is 13.3. The molecule has 5 aliphatic rings. The molecule has 35 heavy (non-hydrogen) atoms. The van der Waals surface area contributed by atoms with Crippen molar-refractivity contribution in [1.29, 1.82) is 0 Å². The lowest BCUT2D eigenvalue weighted by molar-refractivity contribution is -0.255. The van der Waals surface area contributed by atoms with Gasteiger partial charge in [0.2, 0.25) is 0 Å². The second-order valence-electron chi connectivity index (χ2n) is 12.7. The van der Waals surface area contributed by atoms with Gasteiger partial charge in [0.1, 0.15) is 17.5 Å². The number of Topliss-reactive ketones (excluding diaryl/α,β-unsaturated/α-hetero) is 1. The van der Waals surface area contributed by atoms with Crippen molar-refractivity contribution in [1.82, 2.24) is 0 Å². The second kappa shape index (κ2) is 8.37. The Balaban J connectivity index is 1.48. The molecule has 7 heteroatoms. The van der Waals surface area contributed by atoms with E-state index in [1.807, 2.05) is 13.8 Å². The molecule has 1 aliphatic heterocycles. The summed E-state index contributed by atoms with van der Waals surface area (Å²) >= 11 is 0. The standard InChI is InChI=1S/C28H42O7/c1-14-10-21(35-25(33)15(14)2)17(13-29)19-8-7-18-16-11-24(32)28(34)9-5-6-22(30)27(28,4)20(16)12-23(31)26(18,19)3/h16-21,23-24,29,31-32,34H,5-13H2,1-4H3. The minimum atomic E-state index is -1.44. The minimum Gasteiger partial charge on any atom is -0.458 e. The van der Waals surface area contributed by atoms with Crippen LogP contribution in [-0.2, 0) is 14.3 Å². The molecule has 5 rings (SSSR count). The number of esters is 1. The van der Waals surface area contributed by atoms with Gasteiger partial charge in [-0.25, -0.2) is 4.79 Å². The van der Waals surface area contributed by atoms with Crippen molar-refractivity contribution in [3.05, 3.63) is 11.1 Å². The zero-order valence-electron chi connectivity index (χ0n) is 21.5. The van der Waals surface area contributed by atoms with E-state index in [0.717, 1.165) is 18.4 Å². The van der Waals surface area contributed by atoms with Crippen molar-refractivity contribution in [2.24, 2.45) is 40.4 Å². The first-order valence-corrected chi connectivity index (χ1v) is 13.5. The molecule has 0 amide bonds. The number of ether oxygens (including phenoxy) is 1. The molecule has 0 saturated heterocycles. The Bertz CT molecular complexity index is 944. The first kappa shape index (κ1) is 25.4. The molecule has 0 bridgehead atoms. The largest absolute Gasteiger partial charge is 0.458 e. The number of cyclic esters (lactones) is 1. The lowest BCUT2D eigenvalue weighted by atomic mass is 9.41. The maximum atomic E-state index is 13.3. The van der Waals surface area contributed by atoms with Crippen LogP contribution in [0.5, 0.6) is 0 Å². The molecule has 4 aliphatic carbocycles. The summed E-state index contributed by atoms with van der Waals surface area (Å²) in [6, 6.07) is 0. The number of carbonyl (C=O) groups excluding carboxylic acids is 2. The van der Waals surface area contributed by atoms with Gasteiger partial charge in [-0.2, -0.15) is 0 Å². The zero-order chi connectivity index (χ0) is 25.5. The number of hydrogen-bond donors (Lipinski definition) is 4. The Hall–Kier alpha value is -1.28. The number of hydrogen-bond acceptors (Lipinski definition) is 7.